The van der Waals surface area contributed by atoms with Crippen LogP contribution in [0, 0.1) is 11.3 Å². The van der Waals surface area contributed by atoms with Crippen LogP contribution in [0.3, 0.4) is 0 Å². The molecule has 0 unspecified atom stereocenters. The van der Waals surface area contributed by atoms with Crippen LogP contribution < -0.4 is 4.74 Å². The Balaban J connectivity index is 2.36. The highest BCUT2D eigenvalue weighted by atomic mass is 35.5. The summed E-state index contributed by atoms with van der Waals surface area (Å²) < 4.78 is 5.69. The van der Waals surface area contributed by atoms with Gasteiger partial charge in [-0.15, -0.1) is 0 Å². The highest BCUT2D eigenvalue weighted by Crippen LogP contribution is 2.35. The second-order valence-electron chi connectivity index (χ2n) is 3.34. The molecule has 0 saturated heterocycles. The molecule has 0 amide bonds. The second kappa shape index (κ2) is 4.82. The van der Waals surface area contributed by atoms with E-state index in [4.69, 9.17) is 21.6 Å². The van der Waals surface area contributed by atoms with E-state index >= 15 is 0 Å². The summed E-state index contributed by atoms with van der Waals surface area (Å²) >= 11 is 7.46. The molecule has 0 aliphatic carbocycles. The lowest BCUT2D eigenvalue weighted by molar-refractivity contribution is 0.445. The van der Waals surface area contributed by atoms with E-state index in [2.05, 4.69) is 6.07 Å². The summed E-state index contributed by atoms with van der Waals surface area (Å²) in [6.07, 6.45) is 0.606. The third-order valence-corrected chi connectivity index (χ3v) is 3.36. The molecular formula is C12H10ClNOS. The lowest BCUT2D eigenvalue weighted by Crippen LogP contribution is -2.07. The van der Waals surface area contributed by atoms with Gasteiger partial charge in [0.2, 0.25) is 0 Å². The van der Waals surface area contributed by atoms with Crippen molar-refractivity contribution in [2.24, 2.45) is 0 Å². The lowest BCUT2D eigenvalue weighted by atomic mass is 10.0. The molecule has 0 radical (unpaired) electrons. The van der Waals surface area contributed by atoms with Crippen LogP contribution in [0.2, 0.25) is 5.02 Å². The fraction of sp³-hybridized carbons (Fsp3) is 0.250. The second-order valence-corrected chi connectivity index (χ2v) is 5.01. The van der Waals surface area contributed by atoms with Crippen LogP contribution in [-0.4, -0.2) is 5.75 Å². The van der Waals surface area contributed by atoms with Crippen LogP contribution in [-0.2, 0) is 6.42 Å². The Labute approximate surface area is 104 Å². The van der Waals surface area contributed by atoms with E-state index in [-0.39, 0.29) is 0 Å². The van der Waals surface area contributed by atoms with Crippen LogP contribution in [0.25, 0.3) is 0 Å². The minimum atomic E-state index is 0.606. The van der Waals surface area contributed by atoms with Gasteiger partial charge in [0.25, 0.3) is 0 Å². The third kappa shape index (κ3) is 2.18. The Kier molecular flexibility index (Phi) is 3.42. The molecule has 1 heterocycles. The van der Waals surface area contributed by atoms with Gasteiger partial charge in [0.05, 0.1) is 11.6 Å². The van der Waals surface area contributed by atoms with Crippen LogP contribution >= 0.6 is 23.4 Å². The molecule has 1 aromatic rings. The number of benzene rings is 1. The first-order valence-corrected chi connectivity index (χ1v) is 6.33. The molecule has 1 aliphatic rings. The van der Waals surface area contributed by atoms with Gasteiger partial charge in [-0.1, -0.05) is 30.3 Å². The number of nitrogens with zero attached hydrogens (tertiary/aromatic N) is 1. The molecule has 0 fully saturated rings. The molecule has 0 aromatic heterocycles. The number of hydrogen-bond acceptors (Lipinski definition) is 3. The van der Waals surface area contributed by atoms with E-state index in [0.29, 0.717) is 17.0 Å². The third-order valence-electron chi connectivity index (χ3n) is 2.25. The fourth-order valence-electron chi connectivity index (χ4n) is 1.54. The topological polar surface area (TPSA) is 33.0 Å². The van der Waals surface area contributed by atoms with Gasteiger partial charge in [-0.2, -0.15) is 5.26 Å². The molecule has 0 atom stereocenters. The predicted molar refractivity (Wildman–Crippen MR) is 66.6 cm³/mol. The first-order valence-electron chi connectivity index (χ1n) is 4.97. The molecule has 2 nitrogen and oxygen atoms in total. The highest BCUT2D eigenvalue weighted by Gasteiger charge is 2.19. The van der Waals surface area contributed by atoms with Crippen molar-refractivity contribution in [3.05, 3.63) is 39.4 Å². The summed E-state index contributed by atoms with van der Waals surface area (Å²) in [4.78, 5) is 0. The van der Waals surface area contributed by atoms with Gasteiger partial charge in [0, 0.05) is 17.0 Å². The van der Waals surface area contributed by atoms with E-state index in [1.807, 2.05) is 19.1 Å². The Morgan fingerprint density at radius 2 is 2.38 bits per heavy atom. The first kappa shape index (κ1) is 11.4. The number of halogens is 1. The normalized spacial score (nSPS) is 14.1. The molecule has 1 aliphatic heterocycles. The van der Waals surface area contributed by atoms with Crippen molar-refractivity contribution in [3.63, 3.8) is 0 Å². The number of ether oxygens (including phenoxy) is 1. The van der Waals surface area contributed by atoms with Gasteiger partial charge in [-0.25, -0.2) is 0 Å². The van der Waals surface area contributed by atoms with Crippen molar-refractivity contribution in [1.82, 2.24) is 0 Å². The Morgan fingerprint density at radius 1 is 1.56 bits per heavy atom. The average Bonchev–Trinajstić information content (AvgIpc) is 2.29. The summed E-state index contributed by atoms with van der Waals surface area (Å²) in [5.74, 6) is 1.70. The number of hydrogen-bond donors (Lipinski definition) is 0. The average molecular weight is 252 g/mol. The molecule has 0 spiro atoms. The van der Waals surface area contributed by atoms with E-state index in [0.717, 1.165) is 22.2 Å². The van der Waals surface area contributed by atoms with Crippen molar-refractivity contribution < 1.29 is 4.74 Å². The van der Waals surface area contributed by atoms with Gasteiger partial charge < -0.3 is 4.74 Å². The maximum Gasteiger partial charge on any atom is 0.174 e. The molecule has 0 N–H and O–H groups in total. The Hall–Kier alpha value is -1.11. The minimum absolute atomic E-state index is 0.606. The molecule has 16 heavy (non-hydrogen) atoms. The Bertz CT molecular complexity index is 490. The largest absolute Gasteiger partial charge is 0.449 e. The standard InChI is InChI=1S/C12H10ClNOS/c1-2-16-12-9(7-14)5-8-6-10(13)3-4-11(8)15-12/h3-4,6H,2,5H2,1H3. The molecule has 0 saturated carbocycles. The molecule has 1 aromatic carbocycles. The number of allylic oxidation sites excluding steroid dienone is 1. The summed E-state index contributed by atoms with van der Waals surface area (Å²) in [5, 5.41) is 10.4. The van der Waals surface area contributed by atoms with Crippen LogP contribution in [0.4, 0.5) is 0 Å². The zero-order valence-corrected chi connectivity index (χ0v) is 10.4. The number of nitriles is 1. The van der Waals surface area contributed by atoms with Crippen molar-refractivity contribution in [2.75, 3.05) is 5.75 Å². The predicted octanol–water partition coefficient (Wildman–Crippen LogP) is 3.76. The first-order chi connectivity index (χ1) is 7.74. The van der Waals surface area contributed by atoms with Crippen molar-refractivity contribution in [3.8, 4) is 11.8 Å². The number of fused-ring (bicyclic) bond motifs is 1. The summed E-state index contributed by atoms with van der Waals surface area (Å²) in [5.41, 5.74) is 1.66. The van der Waals surface area contributed by atoms with E-state index in [9.17, 15) is 0 Å². The smallest absolute Gasteiger partial charge is 0.174 e. The summed E-state index contributed by atoms with van der Waals surface area (Å²) in [6, 6.07) is 7.69. The minimum Gasteiger partial charge on any atom is -0.449 e. The fourth-order valence-corrected chi connectivity index (χ4v) is 2.44. The SMILES string of the molecule is CCSC1=C(C#N)Cc2cc(Cl)ccc2O1. The molecule has 4 heteroatoms. The van der Waals surface area contributed by atoms with E-state index < -0.39 is 0 Å². The van der Waals surface area contributed by atoms with Crippen molar-refractivity contribution in [1.29, 1.82) is 5.26 Å². The van der Waals surface area contributed by atoms with Crippen LogP contribution in [0.1, 0.15) is 12.5 Å². The maximum atomic E-state index is 9.05. The molecule has 82 valence electrons. The lowest BCUT2D eigenvalue weighted by Gasteiger charge is -2.19. The zero-order chi connectivity index (χ0) is 11.5. The zero-order valence-electron chi connectivity index (χ0n) is 8.79. The van der Waals surface area contributed by atoms with Crippen LogP contribution in [0.5, 0.6) is 5.75 Å². The molecule has 0 bridgehead atoms. The van der Waals surface area contributed by atoms with Crippen LogP contribution in [0.15, 0.2) is 28.9 Å². The number of rotatable bonds is 2. The quantitative estimate of drug-likeness (QED) is 0.802. The van der Waals surface area contributed by atoms with Gasteiger partial charge in [-0.3, -0.25) is 0 Å². The number of thioether (sulfide) groups is 1. The molecule has 2 rings (SSSR count). The van der Waals surface area contributed by atoms with Gasteiger partial charge in [-0.05, 0) is 24.0 Å². The van der Waals surface area contributed by atoms with E-state index in [1.165, 1.54) is 0 Å². The van der Waals surface area contributed by atoms with Gasteiger partial charge in [0.1, 0.15) is 5.75 Å². The van der Waals surface area contributed by atoms with Gasteiger partial charge >= 0.3 is 0 Å². The maximum absolute atomic E-state index is 9.05. The highest BCUT2D eigenvalue weighted by molar-refractivity contribution is 8.02. The van der Waals surface area contributed by atoms with Gasteiger partial charge in [0.15, 0.2) is 5.09 Å². The van der Waals surface area contributed by atoms with E-state index in [1.54, 1.807) is 17.8 Å². The summed E-state index contributed by atoms with van der Waals surface area (Å²) in [6.45, 7) is 2.04. The monoisotopic (exact) mass is 251 g/mol. The van der Waals surface area contributed by atoms with Crippen molar-refractivity contribution in [2.45, 2.75) is 13.3 Å². The van der Waals surface area contributed by atoms with Crippen molar-refractivity contribution >= 4 is 23.4 Å². The Morgan fingerprint density at radius 3 is 3.06 bits per heavy atom. The molecular weight excluding hydrogens is 242 g/mol. The summed E-state index contributed by atoms with van der Waals surface area (Å²) in [7, 11) is 0.